The summed E-state index contributed by atoms with van der Waals surface area (Å²) in [6, 6.07) is 13.1. The van der Waals surface area contributed by atoms with E-state index >= 15 is 0 Å². The molecule has 2 aliphatic carbocycles. The Morgan fingerprint density at radius 2 is 1.50 bits per heavy atom. The zero-order valence-electron chi connectivity index (χ0n) is 22.6. The quantitative estimate of drug-likeness (QED) is 0.314. The minimum atomic E-state index is -1.45. The monoisotopic (exact) mass is 552 g/mol. The highest BCUT2D eigenvalue weighted by atomic mass is 16.6. The minimum Gasteiger partial charge on any atom is -0.481 e. The number of benzene rings is 2. The highest BCUT2D eigenvalue weighted by Gasteiger charge is 2.61. The van der Waals surface area contributed by atoms with Gasteiger partial charge in [-0.15, -0.1) is 0 Å². The molecule has 1 saturated carbocycles. The molecule has 0 unspecified atom stereocenters. The van der Waals surface area contributed by atoms with E-state index in [-0.39, 0.29) is 12.5 Å². The maximum Gasteiger partial charge on any atom is 0.407 e. The number of carboxylic acid groups (broad SMARTS) is 1. The lowest BCUT2D eigenvalue weighted by atomic mass is 9.98. The summed E-state index contributed by atoms with van der Waals surface area (Å²) in [5.74, 6) is -6.18. The predicted molar refractivity (Wildman–Crippen MR) is 141 cm³/mol. The van der Waals surface area contributed by atoms with Crippen LogP contribution in [0.2, 0.25) is 0 Å². The highest BCUT2D eigenvalue weighted by molar-refractivity contribution is 5.94. The van der Waals surface area contributed by atoms with E-state index < -0.39 is 65.8 Å². The van der Waals surface area contributed by atoms with Gasteiger partial charge in [0.05, 0.1) is 31.4 Å². The van der Waals surface area contributed by atoms with E-state index in [1.807, 2.05) is 48.5 Å². The lowest BCUT2D eigenvalue weighted by Crippen LogP contribution is -2.50. The number of carbonyl (C=O) groups is 5. The van der Waals surface area contributed by atoms with Crippen molar-refractivity contribution in [3.8, 4) is 11.1 Å². The summed E-state index contributed by atoms with van der Waals surface area (Å²) < 4.78 is 15.4. The van der Waals surface area contributed by atoms with Crippen LogP contribution in [0.25, 0.3) is 11.1 Å². The Morgan fingerprint density at radius 3 is 2.02 bits per heavy atom. The summed E-state index contributed by atoms with van der Waals surface area (Å²) in [4.78, 5) is 62.0. The molecule has 2 aromatic carbocycles. The van der Waals surface area contributed by atoms with Crippen LogP contribution < -0.4 is 10.6 Å². The van der Waals surface area contributed by atoms with Crippen molar-refractivity contribution >= 4 is 29.9 Å². The van der Waals surface area contributed by atoms with Gasteiger partial charge in [-0.05, 0) is 43.0 Å². The number of rotatable bonds is 9. The van der Waals surface area contributed by atoms with Crippen LogP contribution in [0.1, 0.15) is 44.2 Å². The fraction of sp³-hybridized carbons (Fsp3) is 0.414. The van der Waals surface area contributed by atoms with Crippen molar-refractivity contribution in [3.05, 3.63) is 59.7 Å². The Kier molecular flexibility index (Phi) is 8.13. The number of nitrogens with one attached hydrogen (secondary N) is 2. The molecule has 0 radical (unpaired) electrons. The molecule has 0 aromatic heterocycles. The van der Waals surface area contributed by atoms with Gasteiger partial charge in [0, 0.05) is 5.92 Å². The molecule has 0 spiro atoms. The number of esters is 2. The number of aliphatic carboxylic acids is 1. The van der Waals surface area contributed by atoms with E-state index in [1.165, 1.54) is 0 Å². The minimum absolute atomic E-state index is 0.0191. The number of alkyl carbamates (subject to hydrolysis) is 1. The van der Waals surface area contributed by atoms with Gasteiger partial charge in [0.15, 0.2) is 0 Å². The van der Waals surface area contributed by atoms with Gasteiger partial charge in [-0.25, -0.2) is 4.79 Å². The number of methoxy groups -OCH3 is 1. The summed E-state index contributed by atoms with van der Waals surface area (Å²) in [7, 11) is 1.11. The molecule has 4 atom stereocenters. The summed E-state index contributed by atoms with van der Waals surface area (Å²) >= 11 is 0. The standard InChI is InChI=1S/C29H32N2O9/c1-29(2,3)40-21(32)13-20(25(33)31-24-22(26(34)35)23(24)27(36)38-4)30-28(37)39-14-19-17-11-7-5-9-15(17)16-10-6-8-12-18(16)19/h5-12,19-20,22-24H,13-14H2,1-4H3,(H,30,37)(H,31,33)(H,34,35)/t20-,22-,23-,24-/m0/s1. The molecule has 0 aliphatic heterocycles. The van der Waals surface area contributed by atoms with Crippen LogP contribution >= 0.6 is 0 Å². The Labute approximate surface area is 231 Å². The van der Waals surface area contributed by atoms with Gasteiger partial charge >= 0.3 is 24.0 Å². The molecule has 40 heavy (non-hydrogen) atoms. The first-order valence-electron chi connectivity index (χ1n) is 12.9. The average Bonchev–Trinajstić information content (AvgIpc) is 3.52. The number of carbonyl (C=O) groups excluding carboxylic acids is 4. The molecule has 2 amide bonds. The zero-order valence-corrected chi connectivity index (χ0v) is 22.6. The van der Waals surface area contributed by atoms with Gasteiger partial charge in [0.2, 0.25) is 5.91 Å². The van der Waals surface area contributed by atoms with Crippen molar-refractivity contribution in [1.29, 1.82) is 0 Å². The van der Waals surface area contributed by atoms with Crippen LogP contribution in [0.4, 0.5) is 4.79 Å². The maximum atomic E-state index is 13.1. The molecule has 11 nitrogen and oxygen atoms in total. The second kappa shape index (κ2) is 11.4. The highest BCUT2D eigenvalue weighted by Crippen LogP contribution is 2.44. The predicted octanol–water partition coefficient (Wildman–Crippen LogP) is 2.61. The summed E-state index contributed by atoms with van der Waals surface area (Å²) in [6.45, 7) is 4.94. The summed E-state index contributed by atoms with van der Waals surface area (Å²) in [5.41, 5.74) is 3.25. The van der Waals surface area contributed by atoms with Crippen molar-refractivity contribution in [2.24, 2.45) is 11.8 Å². The smallest absolute Gasteiger partial charge is 0.407 e. The third-order valence-electron chi connectivity index (χ3n) is 6.83. The first kappa shape index (κ1) is 28.6. The van der Waals surface area contributed by atoms with Crippen molar-refractivity contribution in [2.45, 2.75) is 50.8 Å². The summed E-state index contributed by atoms with van der Waals surface area (Å²) in [6.07, 6.45) is -1.48. The first-order valence-corrected chi connectivity index (χ1v) is 12.9. The number of hydrogen-bond acceptors (Lipinski definition) is 8. The maximum absolute atomic E-state index is 13.1. The number of hydrogen-bond donors (Lipinski definition) is 3. The lowest BCUT2D eigenvalue weighted by Gasteiger charge is -2.23. The third kappa shape index (κ3) is 6.24. The van der Waals surface area contributed by atoms with Crippen LogP contribution in [0.5, 0.6) is 0 Å². The van der Waals surface area contributed by atoms with E-state index in [0.29, 0.717) is 0 Å². The molecule has 3 N–H and O–H groups in total. The second-order valence-corrected chi connectivity index (χ2v) is 10.8. The molecule has 0 heterocycles. The molecule has 212 valence electrons. The zero-order chi connectivity index (χ0) is 29.2. The van der Waals surface area contributed by atoms with Gasteiger partial charge in [0.25, 0.3) is 0 Å². The molecule has 2 aromatic rings. The molecule has 2 aliphatic rings. The van der Waals surface area contributed by atoms with E-state index in [0.717, 1.165) is 29.4 Å². The molecular formula is C29H32N2O9. The number of carboxylic acids is 1. The Balaban J connectivity index is 1.45. The topological polar surface area (TPSA) is 157 Å². The average molecular weight is 553 g/mol. The van der Waals surface area contributed by atoms with Crippen LogP contribution in [0.15, 0.2) is 48.5 Å². The van der Waals surface area contributed by atoms with Crippen LogP contribution in [0, 0.1) is 11.8 Å². The van der Waals surface area contributed by atoms with Crippen LogP contribution in [0.3, 0.4) is 0 Å². The van der Waals surface area contributed by atoms with Gasteiger partial charge in [-0.1, -0.05) is 48.5 Å². The van der Waals surface area contributed by atoms with Gasteiger partial charge in [-0.2, -0.15) is 0 Å². The van der Waals surface area contributed by atoms with Crippen molar-refractivity contribution in [2.75, 3.05) is 13.7 Å². The van der Waals surface area contributed by atoms with Crippen LogP contribution in [-0.4, -0.2) is 66.4 Å². The number of fused-ring (bicyclic) bond motifs is 3. The van der Waals surface area contributed by atoms with E-state index in [4.69, 9.17) is 9.47 Å². The number of amides is 2. The van der Waals surface area contributed by atoms with Gasteiger partial charge in [-0.3, -0.25) is 19.2 Å². The van der Waals surface area contributed by atoms with Gasteiger partial charge < -0.3 is 30.0 Å². The Morgan fingerprint density at radius 1 is 0.925 bits per heavy atom. The third-order valence-corrected chi connectivity index (χ3v) is 6.83. The first-order chi connectivity index (χ1) is 18.9. The Hall–Kier alpha value is -4.41. The second-order valence-electron chi connectivity index (χ2n) is 10.8. The van der Waals surface area contributed by atoms with Crippen LogP contribution in [-0.2, 0) is 33.4 Å². The van der Waals surface area contributed by atoms with Gasteiger partial charge in [0.1, 0.15) is 18.2 Å². The van der Waals surface area contributed by atoms with E-state index in [9.17, 15) is 29.1 Å². The SMILES string of the molecule is COC(=O)[C@@H]1[C@@H](NC(=O)[C@H](CC(=O)OC(C)(C)C)NC(=O)OCC2c3ccccc3-c3ccccc32)[C@H]1C(=O)O. The molecule has 11 heteroatoms. The van der Waals surface area contributed by atoms with Crippen molar-refractivity contribution < 1.29 is 43.3 Å². The fourth-order valence-electron chi connectivity index (χ4n) is 5.03. The largest absolute Gasteiger partial charge is 0.481 e. The molecule has 4 rings (SSSR count). The molecular weight excluding hydrogens is 520 g/mol. The molecule has 0 saturated heterocycles. The van der Waals surface area contributed by atoms with Crippen molar-refractivity contribution in [1.82, 2.24) is 10.6 Å². The summed E-state index contributed by atoms with van der Waals surface area (Å²) in [5, 5.41) is 14.3. The number of ether oxygens (including phenoxy) is 3. The fourth-order valence-corrected chi connectivity index (χ4v) is 5.03. The normalized spacial score (nSPS) is 19.9. The molecule has 0 bridgehead atoms. The van der Waals surface area contributed by atoms with Crippen molar-refractivity contribution in [3.63, 3.8) is 0 Å². The van der Waals surface area contributed by atoms with E-state index in [2.05, 4.69) is 15.4 Å². The Bertz CT molecular complexity index is 1290. The molecule has 1 fully saturated rings. The van der Waals surface area contributed by atoms with E-state index in [1.54, 1.807) is 20.8 Å². The lowest BCUT2D eigenvalue weighted by molar-refractivity contribution is -0.156.